The zero-order valence-corrected chi connectivity index (χ0v) is 10.2. The third-order valence-electron chi connectivity index (χ3n) is 2.78. The van der Waals surface area contributed by atoms with Crippen LogP contribution in [0.2, 0.25) is 5.02 Å². The highest BCUT2D eigenvalue weighted by atomic mass is 35.5. The van der Waals surface area contributed by atoms with Gasteiger partial charge in [0.2, 0.25) is 5.95 Å². The van der Waals surface area contributed by atoms with E-state index in [1.807, 2.05) is 15.3 Å². The van der Waals surface area contributed by atoms with Crippen LogP contribution in [0.4, 0.5) is 5.95 Å². The summed E-state index contributed by atoms with van der Waals surface area (Å²) >= 11 is 6.14. The minimum absolute atomic E-state index is 0.444. The van der Waals surface area contributed by atoms with E-state index in [4.69, 9.17) is 17.3 Å². The van der Waals surface area contributed by atoms with E-state index in [9.17, 15) is 0 Å². The molecule has 0 radical (unpaired) electrons. The highest BCUT2D eigenvalue weighted by Crippen LogP contribution is 2.24. The molecule has 0 aliphatic carbocycles. The molecule has 7 heteroatoms. The van der Waals surface area contributed by atoms with Crippen LogP contribution in [0.5, 0.6) is 0 Å². The van der Waals surface area contributed by atoms with Gasteiger partial charge in [0, 0.05) is 31.7 Å². The minimum atomic E-state index is 0.444. The number of aryl methyl sites for hydroxylation is 2. The summed E-state index contributed by atoms with van der Waals surface area (Å²) in [6.07, 6.45) is 8.66. The molecule has 3 rings (SSSR count). The number of fused-ring (bicyclic) bond motifs is 1. The molecule has 0 fully saturated rings. The van der Waals surface area contributed by atoms with Crippen LogP contribution in [0, 0.1) is 0 Å². The fourth-order valence-corrected chi connectivity index (χ4v) is 2.18. The predicted molar refractivity (Wildman–Crippen MR) is 69.2 cm³/mol. The van der Waals surface area contributed by atoms with Gasteiger partial charge in [-0.3, -0.25) is 4.98 Å². The first kappa shape index (κ1) is 11.0. The van der Waals surface area contributed by atoms with Crippen LogP contribution in [-0.4, -0.2) is 24.1 Å². The fraction of sp³-hybridized carbons (Fsp3) is 0.182. The van der Waals surface area contributed by atoms with E-state index in [0.29, 0.717) is 23.0 Å². The van der Waals surface area contributed by atoms with E-state index < -0.39 is 0 Å². The van der Waals surface area contributed by atoms with Crippen molar-refractivity contribution in [1.82, 2.24) is 24.1 Å². The molecule has 0 saturated heterocycles. The van der Waals surface area contributed by atoms with Gasteiger partial charge < -0.3 is 14.9 Å². The largest absolute Gasteiger partial charge is 0.369 e. The molecule has 0 aromatic carbocycles. The molecule has 0 bridgehead atoms. The molecule has 92 valence electrons. The molecular weight excluding hydrogens is 252 g/mol. The first-order valence-corrected chi connectivity index (χ1v) is 5.84. The van der Waals surface area contributed by atoms with Crippen LogP contribution in [0.3, 0.4) is 0 Å². The number of aromatic nitrogens is 5. The molecule has 0 amide bonds. The van der Waals surface area contributed by atoms with Crippen molar-refractivity contribution in [2.24, 2.45) is 0 Å². The number of halogens is 1. The van der Waals surface area contributed by atoms with Gasteiger partial charge in [-0.2, -0.15) is 0 Å². The number of hydrogen-bond donors (Lipinski definition) is 1. The Bertz CT molecular complexity index is 672. The standard InChI is InChI=1S/C11H11ClN6/c12-8-5-15-6-9-10(8)18(11(13)16-9)4-3-17-2-1-14-7-17/h1-2,5-7H,3-4H2,(H2,13,16). The first-order chi connectivity index (χ1) is 8.75. The molecular formula is C11H11ClN6. The van der Waals surface area contributed by atoms with Crippen LogP contribution in [0.25, 0.3) is 11.0 Å². The van der Waals surface area contributed by atoms with Crippen LogP contribution in [-0.2, 0) is 13.1 Å². The molecule has 2 N–H and O–H groups in total. The Balaban J connectivity index is 1.98. The van der Waals surface area contributed by atoms with E-state index >= 15 is 0 Å². The smallest absolute Gasteiger partial charge is 0.201 e. The molecule has 0 spiro atoms. The van der Waals surface area contributed by atoms with E-state index in [2.05, 4.69) is 15.0 Å². The third kappa shape index (κ3) is 1.80. The number of rotatable bonds is 3. The van der Waals surface area contributed by atoms with Crippen molar-refractivity contribution in [3.8, 4) is 0 Å². The molecule has 0 aliphatic heterocycles. The van der Waals surface area contributed by atoms with Crippen molar-refractivity contribution in [2.45, 2.75) is 13.1 Å². The molecule has 0 atom stereocenters. The van der Waals surface area contributed by atoms with Crippen molar-refractivity contribution in [3.05, 3.63) is 36.1 Å². The Morgan fingerprint density at radius 3 is 2.89 bits per heavy atom. The summed E-state index contributed by atoms with van der Waals surface area (Å²) in [5.74, 6) is 0.444. The summed E-state index contributed by atoms with van der Waals surface area (Å²) in [6.45, 7) is 1.44. The van der Waals surface area contributed by atoms with Crippen LogP contribution in [0.1, 0.15) is 0 Å². The number of pyridine rings is 1. The van der Waals surface area contributed by atoms with E-state index in [1.165, 1.54) is 0 Å². The lowest BCUT2D eigenvalue weighted by Crippen LogP contribution is -2.09. The highest BCUT2D eigenvalue weighted by Gasteiger charge is 2.11. The number of hydrogen-bond acceptors (Lipinski definition) is 4. The average Bonchev–Trinajstić information content (AvgIpc) is 2.94. The van der Waals surface area contributed by atoms with Gasteiger partial charge in [0.25, 0.3) is 0 Å². The molecule has 18 heavy (non-hydrogen) atoms. The quantitative estimate of drug-likeness (QED) is 0.777. The Hall–Kier alpha value is -2.08. The van der Waals surface area contributed by atoms with Crippen molar-refractivity contribution in [1.29, 1.82) is 0 Å². The number of nitrogens with two attached hydrogens (primary N) is 1. The minimum Gasteiger partial charge on any atom is -0.369 e. The summed E-state index contributed by atoms with van der Waals surface area (Å²) in [5.41, 5.74) is 7.44. The molecule has 3 heterocycles. The van der Waals surface area contributed by atoms with Crippen molar-refractivity contribution in [2.75, 3.05) is 5.73 Å². The topological polar surface area (TPSA) is 74.5 Å². The Morgan fingerprint density at radius 2 is 2.11 bits per heavy atom. The van der Waals surface area contributed by atoms with Crippen LogP contribution < -0.4 is 5.73 Å². The van der Waals surface area contributed by atoms with Crippen molar-refractivity contribution >= 4 is 28.6 Å². The van der Waals surface area contributed by atoms with Gasteiger partial charge in [-0.15, -0.1) is 0 Å². The number of anilines is 1. The van der Waals surface area contributed by atoms with E-state index in [1.54, 1.807) is 24.9 Å². The lowest BCUT2D eigenvalue weighted by atomic mass is 10.4. The average molecular weight is 263 g/mol. The van der Waals surface area contributed by atoms with Gasteiger partial charge in [0.1, 0.15) is 5.52 Å². The van der Waals surface area contributed by atoms with Gasteiger partial charge in [-0.1, -0.05) is 11.6 Å². The maximum Gasteiger partial charge on any atom is 0.201 e. The van der Waals surface area contributed by atoms with Gasteiger partial charge in [-0.05, 0) is 0 Å². The molecule has 3 aromatic heterocycles. The number of nitrogens with zero attached hydrogens (tertiary/aromatic N) is 5. The zero-order valence-electron chi connectivity index (χ0n) is 9.49. The third-order valence-corrected chi connectivity index (χ3v) is 3.05. The summed E-state index contributed by atoms with van der Waals surface area (Å²) < 4.78 is 3.86. The highest BCUT2D eigenvalue weighted by molar-refractivity contribution is 6.34. The molecule has 6 nitrogen and oxygen atoms in total. The summed E-state index contributed by atoms with van der Waals surface area (Å²) in [4.78, 5) is 12.2. The second-order valence-corrected chi connectivity index (χ2v) is 4.32. The van der Waals surface area contributed by atoms with Crippen molar-refractivity contribution in [3.63, 3.8) is 0 Å². The van der Waals surface area contributed by atoms with Crippen LogP contribution in [0.15, 0.2) is 31.1 Å². The monoisotopic (exact) mass is 262 g/mol. The van der Waals surface area contributed by atoms with E-state index in [0.717, 1.165) is 12.1 Å². The summed E-state index contributed by atoms with van der Waals surface area (Å²) in [6, 6.07) is 0. The Morgan fingerprint density at radius 1 is 1.22 bits per heavy atom. The molecule has 0 aliphatic rings. The molecule has 0 saturated carbocycles. The summed E-state index contributed by atoms with van der Waals surface area (Å²) in [5, 5.41) is 0.558. The normalized spacial score (nSPS) is 11.2. The number of imidazole rings is 2. The fourth-order valence-electron chi connectivity index (χ4n) is 1.93. The zero-order chi connectivity index (χ0) is 12.5. The van der Waals surface area contributed by atoms with Gasteiger partial charge in [-0.25, -0.2) is 9.97 Å². The van der Waals surface area contributed by atoms with Crippen LogP contribution >= 0.6 is 11.6 Å². The Labute approximate surface area is 108 Å². The second-order valence-electron chi connectivity index (χ2n) is 3.91. The lowest BCUT2D eigenvalue weighted by molar-refractivity contribution is 0.594. The van der Waals surface area contributed by atoms with Gasteiger partial charge in [0.15, 0.2) is 0 Å². The molecule has 3 aromatic rings. The van der Waals surface area contributed by atoms with Crippen molar-refractivity contribution < 1.29 is 0 Å². The summed E-state index contributed by atoms with van der Waals surface area (Å²) in [7, 11) is 0. The van der Waals surface area contributed by atoms with Gasteiger partial charge >= 0.3 is 0 Å². The second kappa shape index (κ2) is 4.30. The number of nitrogen functional groups attached to an aromatic ring is 1. The molecule has 0 unspecified atom stereocenters. The lowest BCUT2D eigenvalue weighted by Gasteiger charge is -2.07. The maximum absolute atomic E-state index is 6.14. The first-order valence-electron chi connectivity index (χ1n) is 5.46. The Kier molecular flexibility index (Phi) is 2.64. The maximum atomic E-state index is 6.14. The van der Waals surface area contributed by atoms with E-state index in [-0.39, 0.29) is 0 Å². The SMILES string of the molecule is Nc1nc2cncc(Cl)c2n1CCn1ccnc1. The van der Waals surface area contributed by atoms with Gasteiger partial charge in [0.05, 0.1) is 23.1 Å². The predicted octanol–water partition coefficient (Wildman–Crippen LogP) is 1.56.